The highest BCUT2D eigenvalue weighted by Gasteiger charge is 2.15. The van der Waals surface area contributed by atoms with Crippen molar-refractivity contribution >= 4 is 21.7 Å². The summed E-state index contributed by atoms with van der Waals surface area (Å²) in [7, 11) is 0. The van der Waals surface area contributed by atoms with Gasteiger partial charge < -0.3 is 4.74 Å². The first-order valence-corrected chi connectivity index (χ1v) is 8.32. The molecule has 0 aliphatic carbocycles. The van der Waals surface area contributed by atoms with Gasteiger partial charge in [0, 0.05) is 15.6 Å². The molecule has 0 bridgehead atoms. The maximum atomic E-state index is 12.7. The smallest absolute Gasteiger partial charge is 0.194 e. The van der Waals surface area contributed by atoms with Crippen molar-refractivity contribution in [2.75, 3.05) is 0 Å². The topological polar surface area (TPSA) is 26.3 Å². The van der Waals surface area contributed by atoms with E-state index in [1.807, 2.05) is 57.2 Å². The molecule has 0 heterocycles. The molecule has 0 atom stereocenters. The van der Waals surface area contributed by atoms with E-state index in [1.54, 1.807) is 0 Å². The van der Waals surface area contributed by atoms with Gasteiger partial charge in [-0.25, -0.2) is 0 Å². The van der Waals surface area contributed by atoms with Crippen LogP contribution in [-0.4, -0.2) is 11.9 Å². The van der Waals surface area contributed by atoms with Crippen LogP contribution in [0.1, 0.15) is 47.8 Å². The first kappa shape index (κ1) is 16.8. The molecule has 0 aromatic heterocycles. The number of benzene rings is 2. The molecule has 2 aromatic rings. The van der Waals surface area contributed by atoms with Gasteiger partial charge in [-0.1, -0.05) is 31.2 Å². The summed E-state index contributed by atoms with van der Waals surface area (Å²) in [5.74, 6) is 0.827. The summed E-state index contributed by atoms with van der Waals surface area (Å²) in [5, 5.41) is 0. The van der Waals surface area contributed by atoms with E-state index in [0.717, 1.165) is 22.2 Å². The highest BCUT2D eigenvalue weighted by atomic mass is 79.9. The predicted molar refractivity (Wildman–Crippen MR) is 93.9 cm³/mol. The summed E-state index contributed by atoms with van der Waals surface area (Å²) in [6.45, 7) is 8.04. The highest BCUT2D eigenvalue weighted by Crippen LogP contribution is 2.29. The number of aryl methyl sites for hydroxylation is 2. The van der Waals surface area contributed by atoms with Crippen LogP contribution in [0.3, 0.4) is 0 Å². The summed E-state index contributed by atoms with van der Waals surface area (Å²) < 4.78 is 6.52. The minimum Gasteiger partial charge on any atom is -0.491 e. The fourth-order valence-electron chi connectivity index (χ4n) is 2.27. The van der Waals surface area contributed by atoms with E-state index >= 15 is 0 Å². The van der Waals surface area contributed by atoms with Gasteiger partial charge in [0.1, 0.15) is 5.75 Å². The van der Waals surface area contributed by atoms with Crippen molar-refractivity contribution in [3.05, 3.63) is 63.1 Å². The van der Waals surface area contributed by atoms with E-state index in [-0.39, 0.29) is 11.9 Å². The largest absolute Gasteiger partial charge is 0.491 e. The van der Waals surface area contributed by atoms with Crippen LogP contribution in [0.25, 0.3) is 0 Å². The molecule has 0 unspecified atom stereocenters. The Labute approximate surface area is 140 Å². The lowest BCUT2D eigenvalue weighted by Gasteiger charge is -2.14. The number of rotatable bonds is 5. The lowest BCUT2D eigenvalue weighted by Crippen LogP contribution is -2.08. The van der Waals surface area contributed by atoms with Crippen LogP contribution < -0.4 is 4.74 Å². The van der Waals surface area contributed by atoms with Gasteiger partial charge in [0.25, 0.3) is 0 Å². The van der Waals surface area contributed by atoms with Crippen molar-refractivity contribution in [3.63, 3.8) is 0 Å². The average Bonchev–Trinajstić information content (AvgIpc) is 2.49. The molecule has 0 radical (unpaired) electrons. The van der Waals surface area contributed by atoms with Gasteiger partial charge in [-0.3, -0.25) is 4.79 Å². The molecule has 0 aliphatic heterocycles. The second kappa shape index (κ2) is 7.10. The SMILES string of the molecule is CCc1ccc(C(=O)c2cc(C)c(OC(C)C)cc2Br)cc1. The summed E-state index contributed by atoms with van der Waals surface area (Å²) in [6, 6.07) is 11.6. The molecule has 3 heteroatoms. The van der Waals surface area contributed by atoms with Crippen molar-refractivity contribution in [1.82, 2.24) is 0 Å². The minimum absolute atomic E-state index is 0.0220. The maximum Gasteiger partial charge on any atom is 0.194 e. The molecular weight excluding hydrogens is 340 g/mol. The van der Waals surface area contributed by atoms with E-state index in [9.17, 15) is 4.79 Å². The Morgan fingerprint density at radius 2 is 1.82 bits per heavy atom. The van der Waals surface area contributed by atoms with Crippen molar-refractivity contribution in [1.29, 1.82) is 0 Å². The molecular formula is C19H21BrO2. The van der Waals surface area contributed by atoms with Crippen LogP contribution in [0.4, 0.5) is 0 Å². The standard InChI is InChI=1S/C19H21BrO2/c1-5-14-6-8-15(9-7-14)19(21)16-10-13(4)18(11-17(16)20)22-12(2)3/h6-12H,5H2,1-4H3. The molecule has 2 rings (SSSR count). The summed E-state index contributed by atoms with van der Waals surface area (Å²) in [6.07, 6.45) is 1.08. The van der Waals surface area contributed by atoms with Gasteiger partial charge >= 0.3 is 0 Å². The first-order valence-electron chi connectivity index (χ1n) is 7.52. The summed E-state index contributed by atoms with van der Waals surface area (Å²) in [5.41, 5.74) is 3.56. The highest BCUT2D eigenvalue weighted by molar-refractivity contribution is 9.10. The summed E-state index contributed by atoms with van der Waals surface area (Å²) >= 11 is 3.50. The number of ketones is 1. The number of carbonyl (C=O) groups excluding carboxylic acids is 1. The molecule has 0 aliphatic rings. The molecule has 0 amide bonds. The van der Waals surface area contributed by atoms with Gasteiger partial charge in [0.05, 0.1) is 6.10 Å². The van der Waals surface area contributed by atoms with Gasteiger partial charge in [-0.2, -0.15) is 0 Å². The molecule has 0 fully saturated rings. The first-order chi connectivity index (χ1) is 10.4. The van der Waals surface area contributed by atoms with Crippen LogP contribution in [0.15, 0.2) is 40.9 Å². The van der Waals surface area contributed by atoms with E-state index in [0.29, 0.717) is 11.1 Å². The van der Waals surface area contributed by atoms with Crippen LogP contribution in [-0.2, 0) is 6.42 Å². The second-order valence-electron chi connectivity index (χ2n) is 5.64. The number of ether oxygens (including phenoxy) is 1. The Morgan fingerprint density at radius 1 is 1.18 bits per heavy atom. The third-order valence-electron chi connectivity index (χ3n) is 3.50. The van der Waals surface area contributed by atoms with Crippen LogP contribution in [0, 0.1) is 6.92 Å². The molecule has 0 saturated heterocycles. The minimum atomic E-state index is 0.0220. The fourth-order valence-corrected chi connectivity index (χ4v) is 2.77. The van der Waals surface area contributed by atoms with Gasteiger partial charge in [-0.05, 0) is 66.4 Å². The number of hydrogen-bond acceptors (Lipinski definition) is 2. The molecule has 0 N–H and O–H groups in total. The fraction of sp³-hybridized carbons (Fsp3) is 0.316. The Kier molecular flexibility index (Phi) is 5.41. The molecule has 2 nitrogen and oxygen atoms in total. The van der Waals surface area contributed by atoms with Crippen molar-refractivity contribution in [3.8, 4) is 5.75 Å². The zero-order valence-corrected chi connectivity index (χ0v) is 15.0. The number of halogens is 1. The Hall–Kier alpha value is -1.61. The maximum absolute atomic E-state index is 12.7. The Morgan fingerprint density at radius 3 is 2.36 bits per heavy atom. The van der Waals surface area contributed by atoms with E-state index in [4.69, 9.17) is 4.74 Å². The van der Waals surface area contributed by atoms with E-state index < -0.39 is 0 Å². The lowest BCUT2D eigenvalue weighted by atomic mass is 10.00. The molecule has 116 valence electrons. The normalized spacial score (nSPS) is 10.8. The van der Waals surface area contributed by atoms with E-state index in [1.165, 1.54) is 5.56 Å². The van der Waals surface area contributed by atoms with Gasteiger partial charge in [0.15, 0.2) is 5.78 Å². The number of carbonyl (C=O) groups is 1. The third-order valence-corrected chi connectivity index (χ3v) is 4.15. The Balaban J connectivity index is 2.35. The molecule has 0 saturated carbocycles. The van der Waals surface area contributed by atoms with E-state index in [2.05, 4.69) is 22.9 Å². The lowest BCUT2D eigenvalue weighted by molar-refractivity contribution is 0.103. The Bertz CT molecular complexity index is 673. The predicted octanol–water partition coefficient (Wildman–Crippen LogP) is 5.34. The van der Waals surface area contributed by atoms with Crippen molar-refractivity contribution < 1.29 is 9.53 Å². The zero-order chi connectivity index (χ0) is 16.3. The average molecular weight is 361 g/mol. The molecule has 22 heavy (non-hydrogen) atoms. The third kappa shape index (κ3) is 3.77. The van der Waals surface area contributed by atoms with Crippen LogP contribution in [0.5, 0.6) is 5.75 Å². The van der Waals surface area contributed by atoms with Crippen LogP contribution in [0.2, 0.25) is 0 Å². The van der Waals surface area contributed by atoms with Gasteiger partial charge in [-0.15, -0.1) is 0 Å². The van der Waals surface area contributed by atoms with Crippen molar-refractivity contribution in [2.45, 2.75) is 40.2 Å². The second-order valence-corrected chi connectivity index (χ2v) is 6.50. The zero-order valence-electron chi connectivity index (χ0n) is 13.4. The van der Waals surface area contributed by atoms with Crippen molar-refractivity contribution in [2.24, 2.45) is 0 Å². The summed E-state index contributed by atoms with van der Waals surface area (Å²) in [4.78, 5) is 12.7. The molecule has 2 aromatic carbocycles. The monoisotopic (exact) mass is 360 g/mol. The quantitative estimate of drug-likeness (QED) is 0.672. The number of hydrogen-bond donors (Lipinski definition) is 0. The molecule has 0 spiro atoms. The van der Waals surface area contributed by atoms with Crippen LogP contribution >= 0.6 is 15.9 Å². The van der Waals surface area contributed by atoms with Gasteiger partial charge in [0.2, 0.25) is 0 Å².